The molecule has 0 saturated carbocycles. The highest BCUT2D eigenvalue weighted by molar-refractivity contribution is 6.00. The van der Waals surface area contributed by atoms with Crippen LogP contribution in [0.5, 0.6) is 11.6 Å². The number of piperidine rings is 1. The number of halogens is 1. The molecule has 6 nitrogen and oxygen atoms in total. The van der Waals surface area contributed by atoms with Crippen molar-refractivity contribution in [3.8, 4) is 11.6 Å². The first-order chi connectivity index (χ1) is 13.0. The molecule has 0 unspecified atom stereocenters. The number of Topliss-reactive ketones (excluding diaryl/α,β-unsaturated/α-hetero) is 1. The molecule has 2 aromatic rings. The predicted octanol–water partition coefficient (Wildman–Crippen LogP) is 2.97. The van der Waals surface area contributed by atoms with Gasteiger partial charge in [0.15, 0.2) is 17.3 Å². The number of amides is 1. The van der Waals surface area contributed by atoms with Crippen molar-refractivity contribution in [1.82, 2.24) is 9.88 Å². The number of carbonyl (C=O) groups excluding carboxylic acids is 2. The zero-order chi connectivity index (χ0) is 19.4. The first-order valence-electron chi connectivity index (χ1n) is 8.71. The fourth-order valence-electron chi connectivity index (χ4n) is 3.32. The second-order valence-corrected chi connectivity index (χ2v) is 6.36. The molecule has 1 fully saturated rings. The van der Waals surface area contributed by atoms with Gasteiger partial charge in [-0.05, 0) is 43.2 Å². The zero-order valence-corrected chi connectivity index (χ0v) is 15.3. The quantitative estimate of drug-likeness (QED) is 0.755. The summed E-state index contributed by atoms with van der Waals surface area (Å²) in [6.07, 6.45) is 2.90. The van der Waals surface area contributed by atoms with Crippen LogP contribution in [-0.4, -0.2) is 48.9 Å². The molecule has 7 heteroatoms. The van der Waals surface area contributed by atoms with Crippen molar-refractivity contribution in [2.45, 2.75) is 12.8 Å². The largest absolute Gasteiger partial charge is 0.494 e. The summed E-state index contributed by atoms with van der Waals surface area (Å²) >= 11 is 0. The van der Waals surface area contributed by atoms with Crippen LogP contribution in [0.15, 0.2) is 36.5 Å². The fourth-order valence-corrected chi connectivity index (χ4v) is 3.32. The summed E-state index contributed by atoms with van der Waals surface area (Å²) in [5.74, 6) is -1.00. The minimum atomic E-state index is -0.577. The molecule has 0 N–H and O–H groups in total. The van der Waals surface area contributed by atoms with Crippen molar-refractivity contribution >= 4 is 11.7 Å². The van der Waals surface area contributed by atoms with Crippen molar-refractivity contribution < 1.29 is 23.5 Å². The minimum Gasteiger partial charge on any atom is -0.494 e. The van der Waals surface area contributed by atoms with Crippen molar-refractivity contribution in [2.24, 2.45) is 5.92 Å². The number of methoxy groups -OCH3 is 2. The highest BCUT2D eigenvalue weighted by Crippen LogP contribution is 2.26. The maximum Gasteiger partial charge on any atom is 0.259 e. The monoisotopic (exact) mass is 372 g/mol. The molecule has 27 heavy (non-hydrogen) atoms. The first kappa shape index (κ1) is 18.8. The van der Waals surface area contributed by atoms with E-state index in [0.717, 1.165) is 0 Å². The molecule has 1 saturated heterocycles. The Bertz CT molecular complexity index is 856. The molecule has 3 rings (SSSR count). The van der Waals surface area contributed by atoms with Gasteiger partial charge in [0.25, 0.3) is 5.91 Å². The Kier molecular flexibility index (Phi) is 5.69. The summed E-state index contributed by atoms with van der Waals surface area (Å²) in [6, 6.07) is 7.50. The number of ether oxygens (including phenoxy) is 2. The van der Waals surface area contributed by atoms with Crippen LogP contribution in [0.1, 0.15) is 33.6 Å². The second-order valence-electron chi connectivity index (χ2n) is 6.36. The maximum atomic E-state index is 13.9. The number of pyridine rings is 1. The van der Waals surface area contributed by atoms with Gasteiger partial charge in [0, 0.05) is 30.8 Å². The van der Waals surface area contributed by atoms with Crippen LogP contribution in [0.3, 0.4) is 0 Å². The summed E-state index contributed by atoms with van der Waals surface area (Å²) in [5.41, 5.74) is 0.648. The van der Waals surface area contributed by atoms with Crippen molar-refractivity contribution in [2.75, 3.05) is 27.3 Å². The lowest BCUT2D eigenvalue weighted by molar-refractivity contribution is 0.0633. The first-order valence-corrected chi connectivity index (χ1v) is 8.71. The number of benzene rings is 1. The highest BCUT2D eigenvalue weighted by atomic mass is 19.1. The number of nitrogens with zero attached hydrogens (tertiary/aromatic N) is 2. The Hall–Kier alpha value is -2.96. The molecular weight excluding hydrogens is 351 g/mol. The summed E-state index contributed by atoms with van der Waals surface area (Å²) in [6.45, 7) is 0.834. The van der Waals surface area contributed by atoms with E-state index < -0.39 is 5.82 Å². The summed E-state index contributed by atoms with van der Waals surface area (Å²) < 4.78 is 24.0. The number of carbonyl (C=O) groups is 2. The molecule has 1 aliphatic rings. The lowest BCUT2D eigenvalue weighted by atomic mass is 9.89. The molecule has 0 radical (unpaired) electrons. The molecule has 0 spiro atoms. The summed E-state index contributed by atoms with van der Waals surface area (Å²) in [4.78, 5) is 31.3. The molecule has 142 valence electrons. The SMILES string of the molecule is COc1ccc(C(=O)[C@H]2CCCN(C(=O)c3cccnc3OC)C2)cc1F. The molecule has 0 aliphatic carbocycles. The van der Waals surface area contributed by atoms with E-state index in [1.165, 1.54) is 26.4 Å². The topological polar surface area (TPSA) is 68.7 Å². The predicted molar refractivity (Wildman–Crippen MR) is 96.7 cm³/mol. The molecular formula is C20H21FN2O4. The van der Waals surface area contributed by atoms with E-state index in [0.29, 0.717) is 24.9 Å². The van der Waals surface area contributed by atoms with Gasteiger partial charge < -0.3 is 14.4 Å². The van der Waals surface area contributed by atoms with E-state index >= 15 is 0 Å². The zero-order valence-electron chi connectivity index (χ0n) is 15.3. The third kappa shape index (κ3) is 3.92. The third-order valence-corrected chi connectivity index (χ3v) is 4.71. The van der Waals surface area contributed by atoms with Gasteiger partial charge in [0.1, 0.15) is 5.56 Å². The van der Waals surface area contributed by atoms with Gasteiger partial charge >= 0.3 is 0 Å². The Morgan fingerprint density at radius 2 is 2.04 bits per heavy atom. The van der Waals surface area contributed by atoms with E-state index in [4.69, 9.17) is 9.47 Å². The van der Waals surface area contributed by atoms with E-state index in [2.05, 4.69) is 4.98 Å². The average Bonchev–Trinajstić information content (AvgIpc) is 2.72. The number of hydrogen-bond donors (Lipinski definition) is 0. The van der Waals surface area contributed by atoms with Gasteiger partial charge in [-0.15, -0.1) is 0 Å². The molecule has 1 aromatic carbocycles. The van der Waals surface area contributed by atoms with E-state index in [1.54, 1.807) is 29.3 Å². The van der Waals surface area contributed by atoms with Crippen LogP contribution >= 0.6 is 0 Å². The van der Waals surface area contributed by atoms with Gasteiger partial charge in [-0.2, -0.15) is 0 Å². The average molecular weight is 372 g/mol. The maximum absolute atomic E-state index is 13.9. The van der Waals surface area contributed by atoms with Gasteiger partial charge in [0.05, 0.1) is 14.2 Å². The molecule has 0 bridgehead atoms. The van der Waals surface area contributed by atoms with Gasteiger partial charge in [-0.1, -0.05) is 0 Å². The van der Waals surface area contributed by atoms with E-state index in [1.807, 2.05) is 0 Å². The van der Waals surface area contributed by atoms with E-state index in [9.17, 15) is 14.0 Å². The standard InChI is InChI=1S/C20H21FN2O4/c1-26-17-8-7-13(11-16(17)21)18(24)14-5-4-10-23(12-14)20(25)15-6-3-9-22-19(15)27-2/h3,6-9,11,14H,4-5,10,12H2,1-2H3/t14-/m0/s1. The third-order valence-electron chi connectivity index (χ3n) is 4.71. The number of ketones is 1. The molecule has 1 amide bonds. The Balaban J connectivity index is 1.76. The number of rotatable bonds is 5. The minimum absolute atomic E-state index is 0.0932. The normalized spacial score (nSPS) is 16.7. The Morgan fingerprint density at radius 1 is 1.22 bits per heavy atom. The van der Waals surface area contributed by atoms with Crippen LogP contribution in [0.2, 0.25) is 0 Å². The fraction of sp³-hybridized carbons (Fsp3) is 0.350. The van der Waals surface area contributed by atoms with Gasteiger partial charge in [0.2, 0.25) is 5.88 Å². The van der Waals surface area contributed by atoms with Crippen LogP contribution < -0.4 is 9.47 Å². The van der Waals surface area contributed by atoms with Crippen LogP contribution in [0.25, 0.3) is 0 Å². The van der Waals surface area contributed by atoms with Crippen LogP contribution in [0, 0.1) is 11.7 Å². The van der Waals surface area contributed by atoms with Crippen molar-refractivity contribution in [3.63, 3.8) is 0 Å². The van der Waals surface area contributed by atoms with E-state index in [-0.39, 0.29) is 41.3 Å². The van der Waals surface area contributed by atoms with Gasteiger partial charge in [-0.3, -0.25) is 9.59 Å². The number of hydrogen-bond acceptors (Lipinski definition) is 5. The van der Waals surface area contributed by atoms with Gasteiger partial charge in [-0.25, -0.2) is 9.37 Å². The molecule has 1 aliphatic heterocycles. The van der Waals surface area contributed by atoms with Crippen molar-refractivity contribution in [1.29, 1.82) is 0 Å². The lowest BCUT2D eigenvalue weighted by Gasteiger charge is -2.32. The van der Waals surface area contributed by atoms with Crippen molar-refractivity contribution in [3.05, 3.63) is 53.5 Å². The molecule has 1 aromatic heterocycles. The lowest BCUT2D eigenvalue weighted by Crippen LogP contribution is -2.42. The number of likely N-dealkylation sites (tertiary alicyclic amines) is 1. The summed E-state index contributed by atoms with van der Waals surface area (Å²) in [5, 5.41) is 0. The Labute approximate surface area is 156 Å². The highest BCUT2D eigenvalue weighted by Gasteiger charge is 2.31. The number of aromatic nitrogens is 1. The second kappa shape index (κ2) is 8.16. The molecule has 1 atom stereocenters. The Morgan fingerprint density at radius 3 is 2.74 bits per heavy atom. The smallest absolute Gasteiger partial charge is 0.259 e. The summed E-state index contributed by atoms with van der Waals surface area (Å²) in [7, 11) is 2.83. The molecule has 2 heterocycles. The van der Waals surface area contributed by atoms with Crippen LogP contribution in [-0.2, 0) is 0 Å². The van der Waals surface area contributed by atoms with Crippen LogP contribution in [0.4, 0.5) is 4.39 Å².